The molecule has 2 unspecified atom stereocenters. The summed E-state index contributed by atoms with van der Waals surface area (Å²) in [5.41, 5.74) is 0. The lowest BCUT2D eigenvalue weighted by Crippen LogP contribution is -2.45. The maximum absolute atomic E-state index is 12.5. The van der Waals surface area contributed by atoms with E-state index < -0.39 is 12.1 Å². The molecule has 0 fully saturated rings. The molecule has 0 aliphatic rings. The molecule has 6 nitrogen and oxygen atoms in total. The van der Waals surface area contributed by atoms with E-state index in [-0.39, 0.29) is 18.5 Å². The van der Waals surface area contributed by atoms with Crippen molar-refractivity contribution < 1.29 is 24.5 Å². The minimum Gasteiger partial charge on any atom is -0.466 e. The number of hydrogen-bond acceptors (Lipinski definition) is 5. The average Bonchev–Trinajstić information content (AvgIpc) is 3.34. The molecule has 3 N–H and O–H groups in total. The van der Waals surface area contributed by atoms with Crippen LogP contribution >= 0.6 is 0 Å². The van der Waals surface area contributed by atoms with Crippen molar-refractivity contribution >= 4 is 11.9 Å². The van der Waals surface area contributed by atoms with Crippen molar-refractivity contribution in [1.29, 1.82) is 0 Å². The van der Waals surface area contributed by atoms with E-state index in [2.05, 4.69) is 49.5 Å². The van der Waals surface area contributed by atoms with E-state index in [1.54, 1.807) is 0 Å². The summed E-state index contributed by atoms with van der Waals surface area (Å²) < 4.78 is 5.46. The van der Waals surface area contributed by atoms with Crippen molar-refractivity contribution in [3.63, 3.8) is 0 Å². The Morgan fingerprint density at radius 2 is 0.750 bits per heavy atom. The van der Waals surface area contributed by atoms with Gasteiger partial charge in [-0.2, -0.15) is 0 Å². The molecule has 68 heavy (non-hydrogen) atoms. The Morgan fingerprint density at radius 3 is 1.16 bits per heavy atom. The number of carbonyl (C=O) groups excluding carboxylic acids is 2. The monoisotopic (exact) mass is 956 g/mol. The van der Waals surface area contributed by atoms with Crippen molar-refractivity contribution in [3.05, 3.63) is 36.5 Å². The summed E-state index contributed by atoms with van der Waals surface area (Å²) in [6.07, 6.45) is 71.6. The lowest BCUT2D eigenvalue weighted by atomic mass is 10.0. The molecule has 0 heterocycles. The Morgan fingerprint density at radius 1 is 0.412 bits per heavy atom. The van der Waals surface area contributed by atoms with Gasteiger partial charge in [0, 0.05) is 12.8 Å². The van der Waals surface area contributed by atoms with Gasteiger partial charge in [0.2, 0.25) is 5.91 Å². The van der Waals surface area contributed by atoms with Crippen molar-refractivity contribution in [2.24, 2.45) is 0 Å². The summed E-state index contributed by atoms with van der Waals surface area (Å²) in [5, 5.41) is 23.3. The molecular formula is C62H117NO5. The quantitative estimate of drug-likeness (QED) is 0.0321. The number of carbonyl (C=O) groups is 2. The predicted octanol–water partition coefficient (Wildman–Crippen LogP) is 18.8. The van der Waals surface area contributed by atoms with Gasteiger partial charge in [-0.15, -0.1) is 0 Å². The molecule has 6 heteroatoms. The molecule has 1 amide bonds. The number of rotatable bonds is 56. The molecule has 0 aromatic rings. The predicted molar refractivity (Wildman–Crippen MR) is 296 cm³/mol. The van der Waals surface area contributed by atoms with Gasteiger partial charge in [-0.3, -0.25) is 9.59 Å². The molecule has 0 radical (unpaired) electrons. The lowest BCUT2D eigenvalue weighted by Gasteiger charge is -2.22. The first-order chi connectivity index (χ1) is 33.5. The van der Waals surface area contributed by atoms with Crippen LogP contribution in [0.3, 0.4) is 0 Å². The molecule has 0 bridgehead atoms. The summed E-state index contributed by atoms with van der Waals surface area (Å²) >= 11 is 0. The molecule has 0 spiro atoms. The molecular weight excluding hydrogens is 839 g/mol. The number of amides is 1. The standard InChI is InChI=1S/C62H117NO5/c1-3-5-7-9-11-13-15-17-19-21-22-23-24-25-26-27-30-34-38-42-46-50-54-60(65)59(58-64)63-61(66)55-51-47-43-39-35-31-29-33-37-41-45-49-53-57-68-62(67)56-52-48-44-40-36-32-28-20-18-16-14-12-10-8-6-4-2/h20,28,31,35,43,47,59-60,64-65H,3-19,21-27,29-30,32-34,36-42,44-46,48-58H2,1-2H3,(H,63,66)/b28-20-,35-31-,47-43-. The second kappa shape index (κ2) is 57.7. The van der Waals surface area contributed by atoms with E-state index in [1.165, 1.54) is 231 Å². The van der Waals surface area contributed by atoms with E-state index in [0.29, 0.717) is 32.3 Å². The zero-order valence-electron chi connectivity index (χ0n) is 45.6. The second-order valence-electron chi connectivity index (χ2n) is 20.7. The minimum absolute atomic E-state index is 0.0239. The van der Waals surface area contributed by atoms with Crippen LogP contribution in [0.2, 0.25) is 0 Å². The van der Waals surface area contributed by atoms with Crippen LogP contribution in [0.1, 0.15) is 322 Å². The lowest BCUT2D eigenvalue weighted by molar-refractivity contribution is -0.143. The molecule has 0 saturated carbocycles. The summed E-state index contributed by atoms with van der Waals surface area (Å²) in [6.45, 7) is 4.90. The van der Waals surface area contributed by atoms with Crippen molar-refractivity contribution in [2.45, 2.75) is 334 Å². The van der Waals surface area contributed by atoms with Crippen LogP contribution in [-0.2, 0) is 14.3 Å². The first kappa shape index (κ1) is 66.1. The van der Waals surface area contributed by atoms with E-state index in [1.807, 2.05) is 6.08 Å². The average molecular weight is 957 g/mol. The first-order valence-corrected chi connectivity index (χ1v) is 30.2. The Hall–Kier alpha value is -1.92. The molecule has 0 saturated heterocycles. The SMILES string of the molecule is CCCCCCCCC/C=C\CCCCCCCC(=O)OCCCCCCCC/C=C\C/C=C\CCC(=O)NC(CO)C(O)CCCCCCCCCCCCCCCCCCCCCCCC. The zero-order chi connectivity index (χ0) is 49.3. The van der Waals surface area contributed by atoms with Gasteiger partial charge in [-0.1, -0.05) is 275 Å². The number of esters is 1. The number of nitrogens with one attached hydrogen (secondary N) is 1. The fraction of sp³-hybridized carbons (Fsp3) is 0.871. The molecule has 0 rings (SSSR count). The summed E-state index contributed by atoms with van der Waals surface area (Å²) in [7, 11) is 0. The van der Waals surface area contributed by atoms with Gasteiger partial charge in [0.1, 0.15) is 0 Å². The molecule has 400 valence electrons. The van der Waals surface area contributed by atoms with Gasteiger partial charge in [-0.25, -0.2) is 0 Å². The van der Waals surface area contributed by atoms with Crippen LogP contribution in [0.25, 0.3) is 0 Å². The van der Waals surface area contributed by atoms with Crippen LogP contribution in [0.5, 0.6) is 0 Å². The maximum atomic E-state index is 12.5. The third-order valence-corrected chi connectivity index (χ3v) is 13.9. The van der Waals surface area contributed by atoms with Gasteiger partial charge in [-0.05, 0) is 70.6 Å². The maximum Gasteiger partial charge on any atom is 0.305 e. The van der Waals surface area contributed by atoms with Gasteiger partial charge in [0.25, 0.3) is 0 Å². The molecule has 0 aromatic heterocycles. The normalized spacial score (nSPS) is 12.8. The van der Waals surface area contributed by atoms with Crippen LogP contribution in [0.4, 0.5) is 0 Å². The molecule has 2 atom stereocenters. The number of unbranched alkanes of at least 4 members (excludes halogenated alkanes) is 39. The Bertz CT molecular complexity index is 1100. The highest BCUT2D eigenvalue weighted by molar-refractivity contribution is 5.76. The Labute approximate surface area is 424 Å². The van der Waals surface area contributed by atoms with Crippen molar-refractivity contribution in [2.75, 3.05) is 13.2 Å². The summed E-state index contributed by atoms with van der Waals surface area (Å²) in [4.78, 5) is 24.5. The number of hydrogen-bond donors (Lipinski definition) is 3. The Balaban J connectivity index is 3.53. The number of aliphatic hydroxyl groups is 2. The zero-order valence-corrected chi connectivity index (χ0v) is 45.6. The largest absolute Gasteiger partial charge is 0.466 e. The van der Waals surface area contributed by atoms with Crippen molar-refractivity contribution in [3.8, 4) is 0 Å². The second-order valence-corrected chi connectivity index (χ2v) is 20.7. The van der Waals surface area contributed by atoms with Crippen LogP contribution in [0, 0.1) is 0 Å². The van der Waals surface area contributed by atoms with Crippen LogP contribution < -0.4 is 5.32 Å². The highest BCUT2D eigenvalue weighted by atomic mass is 16.5. The number of ether oxygens (including phenoxy) is 1. The van der Waals surface area contributed by atoms with Crippen LogP contribution in [-0.4, -0.2) is 47.4 Å². The minimum atomic E-state index is -0.701. The highest BCUT2D eigenvalue weighted by Crippen LogP contribution is 2.17. The van der Waals surface area contributed by atoms with E-state index in [9.17, 15) is 19.8 Å². The summed E-state index contributed by atoms with van der Waals surface area (Å²) in [5.74, 6) is -0.137. The topological polar surface area (TPSA) is 95.9 Å². The van der Waals surface area contributed by atoms with E-state index >= 15 is 0 Å². The smallest absolute Gasteiger partial charge is 0.305 e. The van der Waals surface area contributed by atoms with Crippen LogP contribution in [0.15, 0.2) is 36.5 Å². The summed E-state index contributed by atoms with van der Waals surface area (Å²) in [6, 6.07) is -0.587. The van der Waals surface area contributed by atoms with Gasteiger partial charge in [0.05, 0.1) is 25.4 Å². The Kier molecular flexibility index (Phi) is 56.0. The third kappa shape index (κ3) is 53.4. The van der Waals surface area contributed by atoms with Gasteiger partial charge < -0.3 is 20.3 Å². The van der Waals surface area contributed by atoms with Gasteiger partial charge >= 0.3 is 5.97 Å². The first-order valence-electron chi connectivity index (χ1n) is 30.2. The number of allylic oxidation sites excluding steroid dienone is 6. The molecule has 0 aliphatic heterocycles. The van der Waals surface area contributed by atoms with E-state index in [4.69, 9.17) is 4.74 Å². The van der Waals surface area contributed by atoms with Crippen molar-refractivity contribution in [1.82, 2.24) is 5.32 Å². The highest BCUT2D eigenvalue weighted by Gasteiger charge is 2.19. The fourth-order valence-electron chi connectivity index (χ4n) is 9.27. The molecule has 0 aromatic carbocycles. The van der Waals surface area contributed by atoms with Gasteiger partial charge in [0.15, 0.2) is 0 Å². The third-order valence-electron chi connectivity index (χ3n) is 13.9. The number of aliphatic hydroxyl groups excluding tert-OH is 2. The fourth-order valence-corrected chi connectivity index (χ4v) is 9.27. The molecule has 0 aliphatic carbocycles. The van der Waals surface area contributed by atoms with E-state index in [0.717, 1.165) is 51.4 Å².